The van der Waals surface area contributed by atoms with Gasteiger partial charge in [0.25, 0.3) is 0 Å². The van der Waals surface area contributed by atoms with Crippen LogP contribution in [0.5, 0.6) is 5.75 Å². The number of amides is 4. The van der Waals surface area contributed by atoms with Crippen molar-refractivity contribution in [3.8, 4) is 5.75 Å². The van der Waals surface area contributed by atoms with Crippen molar-refractivity contribution in [3.05, 3.63) is 29.8 Å². The third-order valence-electron chi connectivity index (χ3n) is 4.59. The molecule has 5 N–H and O–H groups in total. The number of hydrogen-bond donors (Lipinski definition) is 4. The minimum absolute atomic E-state index is 0.0667. The molecule has 0 bridgehead atoms. The van der Waals surface area contributed by atoms with E-state index >= 15 is 0 Å². The van der Waals surface area contributed by atoms with Crippen LogP contribution in [0.1, 0.15) is 65.5 Å². The van der Waals surface area contributed by atoms with E-state index in [0.717, 1.165) is 12.8 Å². The summed E-state index contributed by atoms with van der Waals surface area (Å²) in [6, 6.07) is 3.60. The van der Waals surface area contributed by atoms with E-state index in [4.69, 9.17) is 10.5 Å². The Hall–Kier alpha value is -3.30. The second-order valence-corrected chi connectivity index (χ2v) is 8.64. The lowest BCUT2D eigenvalue weighted by atomic mass is 10.0. The Kier molecular flexibility index (Phi) is 10.6. The van der Waals surface area contributed by atoms with E-state index in [9.17, 15) is 24.3 Å². The molecular formula is C23H36N4O6. The zero-order valence-electron chi connectivity index (χ0n) is 20.0. The molecule has 10 heteroatoms. The lowest BCUT2D eigenvalue weighted by molar-refractivity contribution is -0.143. The van der Waals surface area contributed by atoms with E-state index < -0.39 is 47.9 Å². The Bertz CT molecular complexity index is 836. The molecule has 0 aliphatic heterocycles. The van der Waals surface area contributed by atoms with Crippen LogP contribution in [0.2, 0.25) is 0 Å². The average Bonchev–Trinajstić information content (AvgIpc) is 2.69. The second-order valence-electron chi connectivity index (χ2n) is 8.64. The van der Waals surface area contributed by atoms with Crippen molar-refractivity contribution in [2.45, 2.75) is 71.6 Å². The summed E-state index contributed by atoms with van der Waals surface area (Å²) in [6.07, 6.45) is 0.259. The SMILES string of the molecule is CCCCNC(=O)C(c1cccc(O)c1)N(CC)C(=O)C(CC(N)=O)NC(=O)OC(C)(C)C. The Balaban J connectivity index is 3.30. The first-order valence-corrected chi connectivity index (χ1v) is 11.0. The largest absolute Gasteiger partial charge is 0.508 e. The fraction of sp³-hybridized carbons (Fsp3) is 0.565. The van der Waals surface area contributed by atoms with Gasteiger partial charge in [-0.15, -0.1) is 0 Å². The number of hydrogen-bond acceptors (Lipinski definition) is 6. The van der Waals surface area contributed by atoms with Crippen LogP contribution in [-0.2, 0) is 19.1 Å². The van der Waals surface area contributed by atoms with Gasteiger partial charge < -0.3 is 31.1 Å². The third-order valence-corrected chi connectivity index (χ3v) is 4.59. The van der Waals surface area contributed by atoms with E-state index in [1.165, 1.54) is 17.0 Å². The summed E-state index contributed by atoms with van der Waals surface area (Å²) in [5.74, 6) is -2.00. The molecule has 0 fully saturated rings. The number of phenols is 1. The molecule has 1 rings (SSSR count). The molecule has 184 valence electrons. The third kappa shape index (κ3) is 9.38. The predicted molar refractivity (Wildman–Crippen MR) is 123 cm³/mol. The molecule has 0 aromatic heterocycles. The number of phenolic OH excluding ortho intramolecular Hbond substituents is 1. The van der Waals surface area contributed by atoms with Gasteiger partial charge in [0.1, 0.15) is 23.4 Å². The van der Waals surface area contributed by atoms with Crippen molar-refractivity contribution in [3.63, 3.8) is 0 Å². The molecule has 10 nitrogen and oxygen atoms in total. The Labute approximate surface area is 194 Å². The van der Waals surface area contributed by atoms with Crippen molar-refractivity contribution in [2.75, 3.05) is 13.1 Å². The number of carbonyl (C=O) groups is 4. The molecule has 1 aromatic rings. The van der Waals surface area contributed by atoms with Crippen LogP contribution in [0.3, 0.4) is 0 Å². The molecular weight excluding hydrogens is 428 g/mol. The highest BCUT2D eigenvalue weighted by atomic mass is 16.6. The molecule has 2 unspecified atom stereocenters. The minimum Gasteiger partial charge on any atom is -0.508 e. The van der Waals surface area contributed by atoms with Crippen molar-refractivity contribution < 1.29 is 29.0 Å². The quantitative estimate of drug-likeness (QED) is 0.368. The molecule has 2 atom stereocenters. The molecule has 0 aliphatic carbocycles. The van der Waals surface area contributed by atoms with Crippen molar-refractivity contribution in [2.24, 2.45) is 5.73 Å². The minimum atomic E-state index is -1.33. The number of nitrogens with zero attached hydrogens (tertiary/aromatic N) is 1. The number of unbranched alkanes of at least 4 members (excludes halogenated alkanes) is 1. The molecule has 0 heterocycles. The van der Waals surface area contributed by atoms with Crippen LogP contribution in [0, 0.1) is 0 Å². The molecule has 4 amide bonds. The normalized spacial score (nSPS) is 12.9. The van der Waals surface area contributed by atoms with E-state index in [2.05, 4.69) is 10.6 Å². The standard InChI is InChI=1S/C23H36N4O6/c1-6-8-12-25-20(30)19(15-10-9-11-16(28)13-15)27(7-2)21(31)17(14-18(24)29)26-22(32)33-23(3,4)5/h9-11,13,17,19,28H,6-8,12,14H2,1-5H3,(H2,24,29)(H,25,30)(H,26,32). The first kappa shape index (κ1) is 27.7. The summed E-state index contributed by atoms with van der Waals surface area (Å²) in [7, 11) is 0. The van der Waals surface area contributed by atoms with Crippen LogP contribution >= 0.6 is 0 Å². The zero-order valence-corrected chi connectivity index (χ0v) is 20.0. The topological polar surface area (TPSA) is 151 Å². The van der Waals surface area contributed by atoms with Gasteiger partial charge in [-0.2, -0.15) is 0 Å². The van der Waals surface area contributed by atoms with E-state index in [1.807, 2.05) is 6.92 Å². The highest BCUT2D eigenvalue weighted by Gasteiger charge is 2.36. The van der Waals surface area contributed by atoms with Crippen LogP contribution in [-0.4, -0.2) is 58.6 Å². The summed E-state index contributed by atoms with van der Waals surface area (Å²) < 4.78 is 5.20. The van der Waals surface area contributed by atoms with Gasteiger partial charge in [0.05, 0.1) is 6.42 Å². The fourth-order valence-corrected chi connectivity index (χ4v) is 3.17. The first-order valence-electron chi connectivity index (χ1n) is 11.0. The summed E-state index contributed by atoms with van der Waals surface area (Å²) in [5.41, 5.74) is 4.87. The smallest absolute Gasteiger partial charge is 0.408 e. The summed E-state index contributed by atoms with van der Waals surface area (Å²) in [5, 5.41) is 15.1. The summed E-state index contributed by atoms with van der Waals surface area (Å²) in [6.45, 7) is 9.14. The molecule has 0 saturated carbocycles. The average molecular weight is 465 g/mol. The maximum Gasteiger partial charge on any atom is 0.408 e. The fourth-order valence-electron chi connectivity index (χ4n) is 3.17. The number of benzene rings is 1. The maximum absolute atomic E-state index is 13.5. The Morgan fingerprint density at radius 3 is 2.36 bits per heavy atom. The van der Waals surface area contributed by atoms with Crippen LogP contribution in [0.25, 0.3) is 0 Å². The van der Waals surface area contributed by atoms with Gasteiger partial charge in [-0.1, -0.05) is 25.5 Å². The van der Waals surface area contributed by atoms with Crippen molar-refractivity contribution in [1.82, 2.24) is 15.5 Å². The Morgan fingerprint density at radius 2 is 1.85 bits per heavy atom. The maximum atomic E-state index is 13.5. The number of primary amides is 1. The predicted octanol–water partition coefficient (Wildman–Crippen LogP) is 1.97. The van der Waals surface area contributed by atoms with E-state index in [-0.39, 0.29) is 12.3 Å². The monoisotopic (exact) mass is 464 g/mol. The van der Waals surface area contributed by atoms with Crippen LogP contribution in [0.15, 0.2) is 24.3 Å². The van der Waals surface area contributed by atoms with Gasteiger partial charge in [-0.05, 0) is 51.8 Å². The highest BCUT2D eigenvalue weighted by molar-refractivity contribution is 5.94. The van der Waals surface area contributed by atoms with Gasteiger partial charge in [-0.3, -0.25) is 14.4 Å². The number of carbonyl (C=O) groups excluding carboxylic acids is 4. The lowest BCUT2D eigenvalue weighted by Gasteiger charge is -2.33. The molecule has 1 aromatic carbocycles. The number of ether oxygens (including phenoxy) is 1. The zero-order chi connectivity index (χ0) is 25.2. The van der Waals surface area contributed by atoms with Gasteiger partial charge >= 0.3 is 6.09 Å². The molecule has 0 aliphatic rings. The number of alkyl carbamates (subject to hydrolysis) is 1. The Morgan fingerprint density at radius 1 is 1.18 bits per heavy atom. The summed E-state index contributed by atoms with van der Waals surface area (Å²) in [4.78, 5) is 51.7. The van der Waals surface area contributed by atoms with Gasteiger partial charge in [0.2, 0.25) is 17.7 Å². The molecule has 0 radical (unpaired) electrons. The number of rotatable bonds is 11. The number of nitrogens with one attached hydrogen (secondary N) is 2. The second kappa shape index (κ2) is 12.7. The molecule has 33 heavy (non-hydrogen) atoms. The molecule has 0 spiro atoms. The molecule has 0 saturated heterocycles. The van der Waals surface area contributed by atoms with Crippen molar-refractivity contribution in [1.29, 1.82) is 0 Å². The number of likely N-dealkylation sites (N-methyl/N-ethyl adjacent to an activating group) is 1. The van der Waals surface area contributed by atoms with Gasteiger partial charge in [-0.25, -0.2) is 4.79 Å². The lowest BCUT2D eigenvalue weighted by Crippen LogP contribution is -2.54. The van der Waals surface area contributed by atoms with E-state index in [0.29, 0.717) is 12.1 Å². The van der Waals surface area contributed by atoms with Gasteiger partial charge in [0, 0.05) is 13.1 Å². The highest BCUT2D eigenvalue weighted by Crippen LogP contribution is 2.25. The summed E-state index contributed by atoms with van der Waals surface area (Å²) >= 11 is 0. The first-order chi connectivity index (χ1) is 15.4. The number of nitrogens with two attached hydrogens (primary N) is 1. The van der Waals surface area contributed by atoms with E-state index in [1.54, 1.807) is 39.8 Å². The number of aromatic hydroxyl groups is 1. The van der Waals surface area contributed by atoms with Crippen LogP contribution < -0.4 is 16.4 Å². The van der Waals surface area contributed by atoms with Crippen molar-refractivity contribution >= 4 is 23.8 Å². The van der Waals surface area contributed by atoms with Crippen LogP contribution in [0.4, 0.5) is 4.79 Å². The van der Waals surface area contributed by atoms with Gasteiger partial charge in [0.15, 0.2) is 0 Å².